The molecule has 1 aliphatic carbocycles. The monoisotopic (exact) mass is 230 g/mol. The first-order chi connectivity index (χ1) is 7.16. The highest BCUT2D eigenvalue weighted by molar-refractivity contribution is 7.80. The maximum atomic E-state index is 5.24. The van der Waals surface area contributed by atoms with Crippen LogP contribution in [0.5, 0.6) is 0 Å². The molecule has 1 aliphatic rings. The third-order valence-electron chi connectivity index (χ3n) is 2.83. The van der Waals surface area contributed by atoms with Gasteiger partial charge in [-0.05, 0) is 51.7 Å². The Morgan fingerprint density at radius 2 is 2.20 bits per heavy atom. The van der Waals surface area contributed by atoms with Crippen LogP contribution in [-0.2, 0) is 4.74 Å². The van der Waals surface area contributed by atoms with E-state index in [1.165, 1.54) is 19.3 Å². The lowest BCUT2D eigenvalue weighted by Crippen LogP contribution is -2.54. The minimum absolute atomic E-state index is 0.254. The van der Waals surface area contributed by atoms with E-state index in [2.05, 4.69) is 17.6 Å². The molecule has 0 saturated heterocycles. The highest BCUT2D eigenvalue weighted by Crippen LogP contribution is 2.30. The third kappa shape index (κ3) is 4.80. The second-order valence-electron chi connectivity index (χ2n) is 4.35. The predicted octanol–water partition coefficient (Wildman–Crippen LogP) is 1.82. The third-order valence-corrected chi connectivity index (χ3v) is 3.07. The summed E-state index contributed by atoms with van der Waals surface area (Å²) in [5.41, 5.74) is 0.254. The molecule has 15 heavy (non-hydrogen) atoms. The molecular formula is C11H22N2OS. The smallest absolute Gasteiger partial charge is 0.166 e. The van der Waals surface area contributed by atoms with Crippen molar-refractivity contribution in [3.05, 3.63) is 0 Å². The summed E-state index contributed by atoms with van der Waals surface area (Å²) in [6.07, 6.45) is 4.78. The van der Waals surface area contributed by atoms with Crippen molar-refractivity contribution in [2.45, 2.75) is 45.1 Å². The number of thiocarbonyl (C=S) groups is 1. The molecule has 1 saturated carbocycles. The highest BCUT2D eigenvalue weighted by Gasteiger charge is 2.31. The molecule has 88 valence electrons. The minimum Gasteiger partial charge on any atom is -0.382 e. The molecular weight excluding hydrogens is 208 g/mol. The van der Waals surface area contributed by atoms with Gasteiger partial charge in [-0.2, -0.15) is 0 Å². The Hall–Kier alpha value is -0.350. The summed E-state index contributed by atoms with van der Waals surface area (Å²) < 4.78 is 5.24. The standard InChI is InChI=1S/C11H22N2OS/c1-3-14-9-5-8-12-10(15)13-11(2)6-4-7-11/h3-9H2,1-2H3,(H2,12,13,15). The summed E-state index contributed by atoms with van der Waals surface area (Å²) in [7, 11) is 0. The summed E-state index contributed by atoms with van der Waals surface area (Å²) in [6.45, 7) is 6.73. The Kier molecular flexibility index (Phi) is 5.32. The van der Waals surface area contributed by atoms with E-state index >= 15 is 0 Å². The van der Waals surface area contributed by atoms with Crippen LogP contribution < -0.4 is 10.6 Å². The molecule has 0 atom stereocenters. The normalized spacial score (nSPS) is 18.0. The average Bonchev–Trinajstić information content (AvgIpc) is 2.15. The first kappa shape index (κ1) is 12.7. The fourth-order valence-corrected chi connectivity index (χ4v) is 2.02. The number of ether oxygens (including phenoxy) is 1. The van der Waals surface area contributed by atoms with Crippen molar-refractivity contribution >= 4 is 17.3 Å². The lowest BCUT2D eigenvalue weighted by molar-refractivity contribution is 0.145. The van der Waals surface area contributed by atoms with Crippen molar-refractivity contribution in [2.75, 3.05) is 19.8 Å². The number of hydrogen-bond donors (Lipinski definition) is 2. The van der Waals surface area contributed by atoms with Gasteiger partial charge in [0.05, 0.1) is 0 Å². The number of hydrogen-bond acceptors (Lipinski definition) is 2. The second-order valence-corrected chi connectivity index (χ2v) is 4.75. The van der Waals surface area contributed by atoms with Crippen molar-refractivity contribution < 1.29 is 4.74 Å². The van der Waals surface area contributed by atoms with Crippen LogP contribution in [-0.4, -0.2) is 30.4 Å². The summed E-state index contributed by atoms with van der Waals surface area (Å²) in [5, 5.41) is 7.36. The quantitative estimate of drug-likeness (QED) is 0.539. The topological polar surface area (TPSA) is 33.3 Å². The van der Waals surface area contributed by atoms with Crippen LogP contribution in [0.2, 0.25) is 0 Å². The Morgan fingerprint density at radius 1 is 1.47 bits per heavy atom. The van der Waals surface area contributed by atoms with E-state index in [0.717, 1.165) is 31.3 Å². The summed E-state index contributed by atoms with van der Waals surface area (Å²) >= 11 is 5.22. The van der Waals surface area contributed by atoms with E-state index in [1.54, 1.807) is 0 Å². The van der Waals surface area contributed by atoms with Crippen molar-refractivity contribution in [3.63, 3.8) is 0 Å². The molecule has 0 bridgehead atoms. The molecule has 2 N–H and O–H groups in total. The zero-order valence-electron chi connectivity index (χ0n) is 9.77. The molecule has 0 radical (unpaired) electrons. The van der Waals surface area contributed by atoms with Gasteiger partial charge in [-0.15, -0.1) is 0 Å². The van der Waals surface area contributed by atoms with E-state index < -0.39 is 0 Å². The molecule has 0 heterocycles. The van der Waals surface area contributed by atoms with Crippen LogP contribution in [0.15, 0.2) is 0 Å². The fraction of sp³-hybridized carbons (Fsp3) is 0.909. The van der Waals surface area contributed by atoms with E-state index in [9.17, 15) is 0 Å². The molecule has 0 aliphatic heterocycles. The molecule has 3 nitrogen and oxygen atoms in total. The molecule has 0 unspecified atom stereocenters. The molecule has 0 amide bonds. The molecule has 0 aromatic rings. The van der Waals surface area contributed by atoms with Crippen LogP contribution in [0.1, 0.15) is 39.5 Å². The van der Waals surface area contributed by atoms with Crippen LogP contribution in [0.25, 0.3) is 0 Å². The Labute approximate surface area is 98.0 Å². The van der Waals surface area contributed by atoms with E-state index in [1.807, 2.05) is 6.92 Å². The minimum atomic E-state index is 0.254. The van der Waals surface area contributed by atoms with Gasteiger partial charge in [0.15, 0.2) is 5.11 Å². The van der Waals surface area contributed by atoms with Crippen molar-refractivity contribution in [2.24, 2.45) is 0 Å². The SMILES string of the molecule is CCOCCCNC(=S)NC1(C)CCC1. The first-order valence-electron chi connectivity index (χ1n) is 5.80. The van der Waals surface area contributed by atoms with Gasteiger partial charge in [-0.1, -0.05) is 0 Å². The van der Waals surface area contributed by atoms with Gasteiger partial charge in [-0.3, -0.25) is 0 Å². The van der Waals surface area contributed by atoms with Crippen LogP contribution in [0.3, 0.4) is 0 Å². The molecule has 0 aromatic heterocycles. The van der Waals surface area contributed by atoms with Crippen LogP contribution in [0.4, 0.5) is 0 Å². The van der Waals surface area contributed by atoms with Crippen molar-refractivity contribution in [1.82, 2.24) is 10.6 Å². The van der Waals surface area contributed by atoms with Crippen LogP contribution >= 0.6 is 12.2 Å². The van der Waals surface area contributed by atoms with Gasteiger partial charge < -0.3 is 15.4 Å². The fourth-order valence-electron chi connectivity index (χ4n) is 1.67. The summed E-state index contributed by atoms with van der Waals surface area (Å²) in [4.78, 5) is 0. The Balaban J connectivity index is 1.98. The van der Waals surface area contributed by atoms with Gasteiger partial charge in [-0.25, -0.2) is 0 Å². The lowest BCUT2D eigenvalue weighted by Gasteiger charge is -2.40. The van der Waals surface area contributed by atoms with Gasteiger partial charge in [0.25, 0.3) is 0 Å². The molecule has 1 fully saturated rings. The Bertz CT molecular complexity index is 205. The number of rotatable bonds is 6. The van der Waals surface area contributed by atoms with Crippen LogP contribution in [0, 0.1) is 0 Å². The highest BCUT2D eigenvalue weighted by atomic mass is 32.1. The Morgan fingerprint density at radius 3 is 2.73 bits per heavy atom. The first-order valence-corrected chi connectivity index (χ1v) is 6.21. The average molecular weight is 230 g/mol. The summed E-state index contributed by atoms with van der Waals surface area (Å²) in [6, 6.07) is 0. The predicted molar refractivity (Wildman–Crippen MR) is 67.1 cm³/mol. The van der Waals surface area contributed by atoms with Gasteiger partial charge in [0.1, 0.15) is 0 Å². The lowest BCUT2D eigenvalue weighted by atomic mass is 9.79. The largest absolute Gasteiger partial charge is 0.382 e. The van der Waals surface area contributed by atoms with Gasteiger partial charge >= 0.3 is 0 Å². The van der Waals surface area contributed by atoms with Gasteiger partial charge in [0.2, 0.25) is 0 Å². The molecule has 0 aromatic carbocycles. The number of nitrogens with one attached hydrogen (secondary N) is 2. The van der Waals surface area contributed by atoms with E-state index in [0.29, 0.717) is 0 Å². The van der Waals surface area contributed by atoms with E-state index in [-0.39, 0.29) is 5.54 Å². The molecule has 0 spiro atoms. The molecule has 4 heteroatoms. The zero-order valence-corrected chi connectivity index (χ0v) is 10.6. The van der Waals surface area contributed by atoms with E-state index in [4.69, 9.17) is 17.0 Å². The van der Waals surface area contributed by atoms with Crippen molar-refractivity contribution in [1.29, 1.82) is 0 Å². The summed E-state index contributed by atoms with van der Waals surface area (Å²) in [5.74, 6) is 0. The maximum absolute atomic E-state index is 5.24. The van der Waals surface area contributed by atoms with Gasteiger partial charge in [0, 0.05) is 25.3 Å². The second kappa shape index (κ2) is 6.28. The zero-order chi connectivity index (χ0) is 11.1. The van der Waals surface area contributed by atoms with Crippen molar-refractivity contribution in [3.8, 4) is 0 Å². The maximum Gasteiger partial charge on any atom is 0.166 e. The molecule has 1 rings (SSSR count).